The Morgan fingerprint density at radius 3 is 2.92 bits per heavy atom. The molecule has 1 aliphatic heterocycles. The molecule has 25 heavy (non-hydrogen) atoms. The number of carbonyl (C=O) groups is 2. The molecular formula is C18H21N3O3S. The highest BCUT2D eigenvalue weighted by molar-refractivity contribution is 7.13. The number of nitrogens with one attached hydrogen (secondary N) is 1. The molecule has 1 fully saturated rings. The Balaban J connectivity index is 1.60. The van der Waals surface area contributed by atoms with Gasteiger partial charge in [-0.1, -0.05) is 18.2 Å². The van der Waals surface area contributed by atoms with E-state index in [1.807, 2.05) is 41.5 Å². The molecule has 0 saturated carbocycles. The van der Waals surface area contributed by atoms with Crippen LogP contribution in [0.15, 0.2) is 35.8 Å². The molecule has 2 heterocycles. The summed E-state index contributed by atoms with van der Waals surface area (Å²) in [5, 5.41) is 5.50. The second kappa shape index (κ2) is 7.65. The predicted molar refractivity (Wildman–Crippen MR) is 97.8 cm³/mol. The zero-order valence-corrected chi connectivity index (χ0v) is 15.1. The van der Waals surface area contributed by atoms with Gasteiger partial charge in [-0.05, 0) is 38.3 Å². The highest BCUT2D eigenvalue weighted by Gasteiger charge is 2.35. The van der Waals surface area contributed by atoms with Crippen LogP contribution in [0.2, 0.25) is 0 Å². The zero-order valence-electron chi connectivity index (χ0n) is 14.3. The Hall–Kier alpha value is -2.41. The van der Waals surface area contributed by atoms with Gasteiger partial charge in [-0.25, -0.2) is 9.78 Å². The number of thiazole rings is 1. The number of carbonyl (C=O) groups excluding carboxylic acids is 2. The van der Waals surface area contributed by atoms with Crippen molar-refractivity contribution in [3.8, 4) is 0 Å². The summed E-state index contributed by atoms with van der Waals surface area (Å²) < 4.78 is 5.42. The molecule has 1 aromatic carbocycles. The third-order valence-electron chi connectivity index (χ3n) is 4.25. The fourth-order valence-corrected chi connectivity index (χ4v) is 3.57. The molecule has 0 spiro atoms. The van der Waals surface area contributed by atoms with Gasteiger partial charge in [-0.2, -0.15) is 0 Å². The molecule has 0 unspecified atom stereocenters. The highest BCUT2D eigenvalue weighted by atomic mass is 32.1. The molecule has 1 N–H and O–H groups in total. The first kappa shape index (κ1) is 17.4. The quantitative estimate of drug-likeness (QED) is 0.831. The number of hydrogen-bond acceptors (Lipinski definition) is 6. The molecular weight excluding hydrogens is 338 g/mol. The molecule has 7 heteroatoms. The van der Waals surface area contributed by atoms with Crippen LogP contribution in [0.5, 0.6) is 0 Å². The van der Waals surface area contributed by atoms with Crippen molar-refractivity contribution in [1.82, 2.24) is 4.98 Å². The van der Waals surface area contributed by atoms with E-state index in [0.717, 1.165) is 29.3 Å². The first-order chi connectivity index (χ1) is 12.1. The minimum atomic E-state index is -0.856. The van der Waals surface area contributed by atoms with Crippen LogP contribution < -0.4 is 10.2 Å². The van der Waals surface area contributed by atoms with Crippen molar-refractivity contribution in [2.75, 3.05) is 16.8 Å². The third kappa shape index (κ3) is 3.99. The number of para-hydroxylation sites is 1. The molecule has 0 bridgehead atoms. The monoisotopic (exact) mass is 359 g/mol. The molecule has 2 atom stereocenters. The Morgan fingerprint density at radius 2 is 2.20 bits per heavy atom. The van der Waals surface area contributed by atoms with Gasteiger partial charge in [0.1, 0.15) is 6.04 Å². The maximum atomic E-state index is 12.5. The highest BCUT2D eigenvalue weighted by Crippen LogP contribution is 2.28. The van der Waals surface area contributed by atoms with E-state index in [1.54, 1.807) is 13.1 Å². The number of nitrogens with zero attached hydrogens (tertiary/aromatic N) is 2. The van der Waals surface area contributed by atoms with E-state index >= 15 is 0 Å². The van der Waals surface area contributed by atoms with E-state index in [4.69, 9.17) is 4.74 Å². The number of esters is 1. The van der Waals surface area contributed by atoms with Gasteiger partial charge in [0.25, 0.3) is 5.91 Å². The van der Waals surface area contributed by atoms with Crippen LogP contribution >= 0.6 is 11.3 Å². The van der Waals surface area contributed by atoms with Gasteiger partial charge in [-0.15, -0.1) is 11.3 Å². The summed E-state index contributed by atoms with van der Waals surface area (Å²) >= 11 is 1.50. The van der Waals surface area contributed by atoms with Crippen LogP contribution in [0.1, 0.15) is 25.3 Å². The van der Waals surface area contributed by atoms with E-state index in [9.17, 15) is 9.59 Å². The van der Waals surface area contributed by atoms with Gasteiger partial charge in [0.15, 0.2) is 11.2 Å². The fraction of sp³-hybridized carbons (Fsp3) is 0.389. The van der Waals surface area contributed by atoms with Crippen LogP contribution in [0.25, 0.3) is 0 Å². The van der Waals surface area contributed by atoms with E-state index in [2.05, 4.69) is 10.3 Å². The molecule has 1 aliphatic rings. The van der Waals surface area contributed by atoms with E-state index in [1.165, 1.54) is 11.3 Å². The molecule has 6 nitrogen and oxygen atoms in total. The second-order valence-corrected chi connectivity index (χ2v) is 6.92. The minimum Gasteiger partial charge on any atom is -0.451 e. The standard InChI is InChI=1S/C18H21N3O3S/c1-12-6-3-4-7-14(12)20-16(22)13(2)24-17(23)15-8-5-10-21(15)18-19-9-11-25-18/h3-4,6-7,9,11,13,15H,5,8,10H2,1-2H3,(H,20,22)/t13-,15+/m0/s1. The first-order valence-electron chi connectivity index (χ1n) is 8.29. The number of aryl methyl sites for hydroxylation is 1. The SMILES string of the molecule is Cc1ccccc1NC(=O)[C@H](C)OC(=O)[C@H]1CCCN1c1nccs1. The van der Waals surface area contributed by atoms with Gasteiger partial charge in [0.2, 0.25) is 0 Å². The topological polar surface area (TPSA) is 71.5 Å². The van der Waals surface area contributed by atoms with Gasteiger partial charge < -0.3 is 15.0 Å². The number of amides is 1. The number of ether oxygens (including phenoxy) is 1. The van der Waals surface area contributed by atoms with Crippen LogP contribution in [0, 0.1) is 6.92 Å². The fourth-order valence-electron chi connectivity index (χ4n) is 2.85. The van der Waals surface area contributed by atoms with E-state index in [0.29, 0.717) is 6.42 Å². The normalized spacial score (nSPS) is 18.0. The number of benzene rings is 1. The molecule has 0 radical (unpaired) electrons. The third-order valence-corrected chi connectivity index (χ3v) is 5.06. The Morgan fingerprint density at radius 1 is 1.40 bits per heavy atom. The lowest BCUT2D eigenvalue weighted by molar-refractivity contribution is -0.154. The first-order valence-corrected chi connectivity index (χ1v) is 9.17. The summed E-state index contributed by atoms with van der Waals surface area (Å²) in [5.74, 6) is -0.707. The molecule has 0 aliphatic carbocycles. The lowest BCUT2D eigenvalue weighted by Crippen LogP contribution is -2.40. The summed E-state index contributed by atoms with van der Waals surface area (Å²) in [5.41, 5.74) is 1.68. The summed E-state index contributed by atoms with van der Waals surface area (Å²) in [6, 6.07) is 7.12. The molecule has 1 saturated heterocycles. The van der Waals surface area contributed by atoms with Gasteiger partial charge in [-0.3, -0.25) is 4.79 Å². The van der Waals surface area contributed by atoms with Crippen molar-refractivity contribution < 1.29 is 14.3 Å². The van der Waals surface area contributed by atoms with Gasteiger partial charge in [0.05, 0.1) is 0 Å². The van der Waals surface area contributed by atoms with Crippen molar-refractivity contribution in [3.63, 3.8) is 0 Å². The zero-order chi connectivity index (χ0) is 17.8. The summed E-state index contributed by atoms with van der Waals surface area (Å²) in [6.07, 6.45) is 2.48. The van der Waals surface area contributed by atoms with Gasteiger partial charge in [0, 0.05) is 23.8 Å². The van der Waals surface area contributed by atoms with E-state index < -0.39 is 6.10 Å². The number of hydrogen-bond donors (Lipinski definition) is 1. The maximum absolute atomic E-state index is 12.5. The van der Waals surface area contributed by atoms with Gasteiger partial charge >= 0.3 is 5.97 Å². The molecule has 1 amide bonds. The van der Waals surface area contributed by atoms with Crippen LogP contribution in [0.3, 0.4) is 0 Å². The Labute approximate surface area is 150 Å². The Bertz CT molecular complexity index is 748. The average Bonchev–Trinajstić information content (AvgIpc) is 3.27. The summed E-state index contributed by atoms with van der Waals surface area (Å²) in [4.78, 5) is 31.1. The van der Waals surface area contributed by atoms with Crippen LogP contribution in [-0.2, 0) is 14.3 Å². The summed E-state index contributed by atoms with van der Waals surface area (Å²) in [7, 11) is 0. The van der Waals surface area contributed by atoms with Crippen molar-refractivity contribution in [3.05, 3.63) is 41.4 Å². The minimum absolute atomic E-state index is 0.332. The van der Waals surface area contributed by atoms with Crippen molar-refractivity contribution in [2.45, 2.75) is 38.8 Å². The molecule has 3 rings (SSSR count). The average molecular weight is 359 g/mol. The largest absolute Gasteiger partial charge is 0.451 e. The second-order valence-electron chi connectivity index (χ2n) is 6.05. The lowest BCUT2D eigenvalue weighted by atomic mass is 10.2. The predicted octanol–water partition coefficient (Wildman–Crippen LogP) is 2.99. The van der Waals surface area contributed by atoms with E-state index in [-0.39, 0.29) is 17.9 Å². The number of aromatic nitrogens is 1. The molecule has 1 aromatic heterocycles. The number of anilines is 2. The smallest absolute Gasteiger partial charge is 0.329 e. The Kier molecular flexibility index (Phi) is 5.33. The van der Waals surface area contributed by atoms with Crippen molar-refractivity contribution in [2.24, 2.45) is 0 Å². The molecule has 2 aromatic rings. The van der Waals surface area contributed by atoms with Crippen molar-refractivity contribution in [1.29, 1.82) is 0 Å². The number of rotatable bonds is 5. The molecule has 132 valence electrons. The summed E-state index contributed by atoms with van der Waals surface area (Å²) in [6.45, 7) is 4.28. The lowest BCUT2D eigenvalue weighted by Gasteiger charge is -2.24. The van der Waals surface area contributed by atoms with Crippen LogP contribution in [0.4, 0.5) is 10.8 Å². The van der Waals surface area contributed by atoms with Crippen molar-refractivity contribution >= 4 is 34.0 Å². The van der Waals surface area contributed by atoms with Crippen LogP contribution in [-0.4, -0.2) is 35.6 Å². The maximum Gasteiger partial charge on any atom is 0.329 e.